The van der Waals surface area contributed by atoms with Gasteiger partial charge in [-0.2, -0.15) is 0 Å². The Balaban J connectivity index is 1.48. The van der Waals surface area contributed by atoms with Crippen LogP contribution in [0.15, 0.2) is 36.4 Å². The zero-order valence-electron chi connectivity index (χ0n) is 17.7. The molecule has 2 aliphatic rings. The Morgan fingerprint density at radius 3 is 2.45 bits per heavy atom. The van der Waals surface area contributed by atoms with E-state index in [1.807, 2.05) is 24.5 Å². The summed E-state index contributed by atoms with van der Waals surface area (Å²) < 4.78 is 7.73. The Morgan fingerprint density at radius 2 is 1.77 bits per heavy atom. The lowest BCUT2D eigenvalue weighted by molar-refractivity contribution is -0.143. The van der Waals surface area contributed by atoms with Crippen molar-refractivity contribution < 1.29 is 23.9 Å². The molecular weight excluding hydrogens is 398 g/mol. The summed E-state index contributed by atoms with van der Waals surface area (Å²) in [5.41, 5.74) is 2.86. The van der Waals surface area contributed by atoms with Crippen LogP contribution >= 0.6 is 0 Å². The maximum Gasteiger partial charge on any atom is 0.334 e. The van der Waals surface area contributed by atoms with Crippen LogP contribution in [0.4, 0.5) is 4.79 Å². The lowest BCUT2D eigenvalue weighted by Gasteiger charge is -2.16. The molecule has 1 aromatic heterocycles. The molecule has 2 aliphatic heterocycles. The molecule has 8 nitrogen and oxygen atoms in total. The summed E-state index contributed by atoms with van der Waals surface area (Å²) in [6.45, 7) is 4.70. The second kappa shape index (κ2) is 8.47. The molecule has 4 amide bonds. The minimum Gasteiger partial charge on any atom is -0.376 e. The number of imide groups is 2. The second-order valence-corrected chi connectivity index (χ2v) is 8.00. The number of hydrogen-bond donors (Lipinski definition) is 0. The lowest BCUT2D eigenvalue weighted by Crippen LogP contribution is -2.37. The average Bonchev–Trinajstić information content (AvgIpc) is 3.43. The summed E-state index contributed by atoms with van der Waals surface area (Å²) in [5.74, 6) is -2.25. The van der Waals surface area contributed by atoms with Crippen molar-refractivity contribution in [2.75, 3.05) is 13.2 Å². The van der Waals surface area contributed by atoms with Crippen LogP contribution in [0.3, 0.4) is 0 Å². The fourth-order valence-corrected chi connectivity index (χ4v) is 4.18. The average molecular weight is 423 g/mol. The predicted octanol–water partition coefficient (Wildman–Crippen LogP) is 2.46. The third-order valence-corrected chi connectivity index (χ3v) is 5.90. The molecule has 0 saturated carbocycles. The zero-order valence-corrected chi connectivity index (χ0v) is 17.7. The van der Waals surface area contributed by atoms with E-state index in [1.165, 1.54) is 0 Å². The lowest BCUT2D eigenvalue weighted by atomic mass is 10.1. The second-order valence-electron chi connectivity index (χ2n) is 8.00. The number of hydrogen-bond acceptors (Lipinski definition) is 5. The fourth-order valence-electron chi connectivity index (χ4n) is 4.18. The number of amides is 4. The van der Waals surface area contributed by atoms with Gasteiger partial charge in [0.2, 0.25) is 0 Å². The number of ketones is 1. The number of ether oxygens (including phenoxy) is 1. The molecule has 0 spiro atoms. The molecule has 0 radical (unpaired) electrons. The first-order valence-electron chi connectivity index (χ1n) is 10.4. The SMILES string of the molecule is Cc1cc(C(=O)CN2C(=O)C(=O)N(Cc3ccccc3)C2=O)c(C)n1C[C@@H]1CCCO1. The van der Waals surface area contributed by atoms with E-state index in [0.29, 0.717) is 12.1 Å². The molecule has 0 aliphatic carbocycles. The third kappa shape index (κ3) is 4.03. The number of benzene rings is 1. The van der Waals surface area contributed by atoms with Crippen LogP contribution in [0, 0.1) is 13.8 Å². The smallest absolute Gasteiger partial charge is 0.334 e. The first-order chi connectivity index (χ1) is 14.9. The monoisotopic (exact) mass is 423 g/mol. The molecule has 31 heavy (non-hydrogen) atoms. The van der Waals surface area contributed by atoms with E-state index in [1.54, 1.807) is 30.3 Å². The van der Waals surface area contributed by atoms with Gasteiger partial charge in [0.1, 0.15) is 0 Å². The highest BCUT2D eigenvalue weighted by molar-refractivity contribution is 6.45. The van der Waals surface area contributed by atoms with Crippen LogP contribution in [0.25, 0.3) is 0 Å². The van der Waals surface area contributed by atoms with Crippen molar-refractivity contribution in [1.82, 2.24) is 14.4 Å². The number of carbonyl (C=O) groups is 4. The zero-order chi connectivity index (χ0) is 22.1. The van der Waals surface area contributed by atoms with Crippen LogP contribution in [0.1, 0.15) is 40.2 Å². The van der Waals surface area contributed by atoms with Gasteiger partial charge in [0.15, 0.2) is 5.78 Å². The Morgan fingerprint density at radius 1 is 1.06 bits per heavy atom. The summed E-state index contributed by atoms with van der Waals surface area (Å²) in [5, 5.41) is 0. The van der Waals surface area contributed by atoms with E-state index in [9.17, 15) is 19.2 Å². The van der Waals surface area contributed by atoms with Crippen molar-refractivity contribution in [3.8, 4) is 0 Å². The van der Waals surface area contributed by atoms with Gasteiger partial charge in [-0.05, 0) is 38.3 Å². The van der Waals surface area contributed by atoms with Crippen LogP contribution in [-0.4, -0.2) is 57.3 Å². The van der Waals surface area contributed by atoms with E-state index >= 15 is 0 Å². The van der Waals surface area contributed by atoms with E-state index in [-0.39, 0.29) is 18.4 Å². The normalized spacial score (nSPS) is 19.0. The molecule has 0 N–H and O–H groups in total. The highest BCUT2D eigenvalue weighted by Crippen LogP contribution is 2.22. The molecule has 2 saturated heterocycles. The third-order valence-electron chi connectivity index (χ3n) is 5.90. The molecule has 2 fully saturated rings. The largest absolute Gasteiger partial charge is 0.376 e. The number of rotatable bonds is 7. The summed E-state index contributed by atoms with van der Waals surface area (Å²) >= 11 is 0. The number of aryl methyl sites for hydroxylation is 1. The van der Waals surface area contributed by atoms with Crippen LogP contribution in [0.5, 0.6) is 0 Å². The molecule has 3 heterocycles. The molecule has 0 bridgehead atoms. The maximum atomic E-state index is 13.0. The van der Waals surface area contributed by atoms with E-state index in [4.69, 9.17) is 4.74 Å². The Labute approximate surface area is 180 Å². The number of urea groups is 1. The van der Waals surface area contributed by atoms with Gasteiger partial charge in [0, 0.05) is 30.1 Å². The number of aromatic nitrogens is 1. The molecule has 4 rings (SSSR count). The minimum atomic E-state index is -0.970. The number of nitrogens with zero attached hydrogens (tertiary/aromatic N) is 3. The van der Waals surface area contributed by atoms with E-state index < -0.39 is 24.4 Å². The molecule has 8 heteroatoms. The van der Waals surface area contributed by atoms with Crippen LogP contribution < -0.4 is 0 Å². The van der Waals surface area contributed by atoms with Crippen molar-refractivity contribution in [2.45, 2.75) is 45.9 Å². The topological polar surface area (TPSA) is 88.9 Å². The van der Waals surface area contributed by atoms with Crippen LogP contribution in [0.2, 0.25) is 0 Å². The summed E-state index contributed by atoms with van der Waals surface area (Å²) in [6.07, 6.45) is 2.14. The van der Waals surface area contributed by atoms with Gasteiger partial charge >= 0.3 is 17.8 Å². The van der Waals surface area contributed by atoms with Gasteiger partial charge in [-0.25, -0.2) is 9.69 Å². The van der Waals surface area contributed by atoms with Crippen molar-refractivity contribution in [1.29, 1.82) is 0 Å². The van der Waals surface area contributed by atoms with Gasteiger partial charge < -0.3 is 9.30 Å². The first kappa shape index (κ1) is 21.0. The van der Waals surface area contributed by atoms with Crippen molar-refractivity contribution in [2.24, 2.45) is 0 Å². The Hall–Kier alpha value is -3.26. The fraction of sp³-hybridized carbons (Fsp3) is 0.391. The molecule has 1 atom stereocenters. The highest BCUT2D eigenvalue weighted by Gasteiger charge is 2.45. The van der Waals surface area contributed by atoms with Crippen molar-refractivity contribution >= 4 is 23.6 Å². The van der Waals surface area contributed by atoms with Gasteiger partial charge in [-0.15, -0.1) is 0 Å². The van der Waals surface area contributed by atoms with Gasteiger partial charge in [-0.1, -0.05) is 30.3 Å². The Bertz CT molecular complexity index is 1040. The Kier molecular flexibility index (Phi) is 5.73. The predicted molar refractivity (Wildman–Crippen MR) is 111 cm³/mol. The van der Waals surface area contributed by atoms with Crippen molar-refractivity contribution in [3.05, 3.63) is 58.9 Å². The highest BCUT2D eigenvalue weighted by atomic mass is 16.5. The molecule has 0 unspecified atom stereocenters. The van der Waals surface area contributed by atoms with Crippen molar-refractivity contribution in [3.63, 3.8) is 0 Å². The standard InChI is InChI=1S/C23H25N3O5/c1-15-11-19(16(2)24(15)13-18-9-6-10-31-18)20(27)14-26-22(29)21(28)25(23(26)30)12-17-7-4-3-5-8-17/h3-5,7-8,11,18H,6,9-10,12-14H2,1-2H3/t18-/m0/s1. The maximum absolute atomic E-state index is 13.0. The molecule has 1 aromatic carbocycles. The molecular formula is C23H25N3O5. The van der Waals surface area contributed by atoms with Gasteiger partial charge in [0.25, 0.3) is 0 Å². The summed E-state index contributed by atoms with van der Waals surface area (Å²) in [6, 6.07) is 9.93. The minimum absolute atomic E-state index is 0.00909. The van der Waals surface area contributed by atoms with Gasteiger partial charge in [0.05, 0.1) is 19.2 Å². The summed E-state index contributed by atoms with van der Waals surface area (Å²) in [7, 11) is 0. The molecule has 162 valence electrons. The van der Waals surface area contributed by atoms with Crippen LogP contribution in [-0.2, 0) is 27.4 Å². The van der Waals surface area contributed by atoms with E-state index in [0.717, 1.165) is 46.2 Å². The first-order valence-corrected chi connectivity index (χ1v) is 10.4. The molecule has 2 aromatic rings. The van der Waals surface area contributed by atoms with Gasteiger partial charge in [-0.3, -0.25) is 19.3 Å². The quantitative estimate of drug-likeness (QED) is 0.388. The summed E-state index contributed by atoms with van der Waals surface area (Å²) in [4.78, 5) is 52.1. The number of Topliss-reactive ketones (excluding diaryl/α,β-unsaturated/α-hetero) is 1. The number of carbonyl (C=O) groups excluding carboxylic acids is 4. The van der Waals surface area contributed by atoms with E-state index in [2.05, 4.69) is 0 Å².